The highest BCUT2D eigenvalue weighted by atomic mass is 32.2. The van der Waals surface area contributed by atoms with Crippen molar-refractivity contribution in [1.29, 1.82) is 0 Å². The predicted octanol–water partition coefficient (Wildman–Crippen LogP) is 2.22. The Balaban J connectivity index is 2.31. The maximum Gasteiger partial charge on any atom is 0.243 e. The second kappa shape index (κ2) is 5.88. The average Bonchev–Trinajstić information content (AvgIpc) is 2.77. The van der Waals surface area contributed by atoms with Gasteiger partial charge in [-0.2, -0.15) is 0 Å². The van der Waals surface area contributed by atoms with E-state index >= 15 is 0 Å². The van der Waals surface area contributed by atoms with E-state index < -0.39 is 16.1 Å². The van der Waals surface area contributed by atoms with Gasteiger partial charge in [-0.1, -0.05) is 12.1 Å². The second-order valence-electron chi connectivity index (χ2n) is 4.85. The lowest BCUT2D eigenvalue weighted by Crippen LogP contribution is -2.28. The molecule has 0 saturated carbocycles. The first kappa shape index (κ1) is 15.6. The highest BCUT2D eigenvalue weighted by molar-refractivity contribution is 7.89. The van der Waals surface area contributed by atoms with Crippen molar-refractivity contribution in [2.24, 2.45) is 5.84 Å². The molecule has 4 N–H and O–H groups in total. The van der Waals surface area contributed by atoms with Crippen molar-refractivity contribution < 1.29 is 12.8 Å². The lowest BCUT2D eigenvalue weighted by atomic mass is 10.1. The van der Waals surface area contributed by atoms with E-state index in [2.05, 4.69) is 10.1 Å². The summed E-state index contributed by atoms with van der Waals surface area (Å²) in [5.74, 6) is 6.81. The summed E-state index contributed by atoms with van der Waals surface area (Å²) in [6.45, 7) is 5.40. The maximum absolute atomic E-state index is 12.5. The third kappa shape index (κ3) is 3.26. The summed E-state index contributed by atoms with van der Waals surface area (Å²) in [4.78, 5) is 0.109. The SMILES string of the molecule is Cc1cc(C(C)NS(=O)(=O)c2ccccc2NN)c(C)o1. The van der Waals surface area contributed by atoms with Gasteiger partial charge in [0.1, 0.15) is 16.4 Å². The summed E-state index contributed by atoms with van der Waals surface area (Å²) in [6, 6.07) is 7.88. The van der Waals surface area contributed by atoms with Crippen LogP contribution in [-0.4, -0.2) is 8.42 Å². The predicted molar refractivity (Wildman–Crippen MR) is 81.2 cm³/mol. The van der Waals surface area contributed by atoms with Gasteiger partial charge in [-0.25, -0.2) is 13.1 Å². The minimum Gasteiger partial charge on any atom is -0.466 e. The van der Waals surface area contributed by atoms with Crippen LogP contribution in [0, 0.1) is 13.8 Å². The van der Waals surface area contributed by atoms with Crippen LogP contribution in [0.3, 0.4) is 0 Å². The molecule has 0 aliphatic heterocycles. The number of rotatable bonds is 5. The van der Waals surface area contributed by atoms with Crippen molar-refractivity contribution in [2.45, 2.75) is 31.7 Å². The van der Waals surface area contributed by atoms with Crippen LogP contribution in [0.1, 0.15) is 30.0 Å². The fourth-order valence-electron chi connectivity index (χ4n) is 2.26. The smallest absolute Gasteiger partial charge is 0.243 e. The zero-order chi connectivity index (χ0) is 15.6. The standard InChI is InChI=1S/C14H19N3O3S/c1-9-8-12(11(3)20-9)10(2)17-21(18,19)14-7-5-4-6-13(14)16-15/h4-8,10,16-17H,15H2,1-3H3. The maximum atomic E-state index is 12.5. The molecule has 0 aliphatic rings. The van der Waals surface area contributed by atoms with Crippen LogP contribution in [0.2, 0.25) is 0 Å². The van der Waals surface area contributed by atoms with Crippen molar-refractivity contribution in [3.63, 3.8) is 0 Å². The highest BCUT2D eigenvalue weighted by Crippen LogP contribution is 2.25. The molecule has 1 unspecified atom stereocenters. The third-order valence-electron chi connectivity index (χ3n) is 3.21. The molecule has 0 spiro atoms. The molecule has 0 saturated heterocycles. The average molecular weight is 309 g/mol. The summed E-state index contributed by atoms with van der Waals surface area (Å²) in [5, 5.41) is 0. The molecule has 0 radical (unpaired) electrons. The Hall–Kier alpha value is -1.83. The van der Waals surface area contributed by atoms with Gasteiger partial charge in [0.05, 0.1) is 5.69 Å². The number of hydrogen-bond donors (Lipinski definition) is 3. The molecule has 114 valence electrons. The van der Waals surface area contributed by atoms with Gasteiger partial charge >= 0.3 is 0 Å². The number of furan rings is 1. The minimum absolute atomic E-state index is 0.109. The Labute approximate surface area is 124 Å². The van der Waals surface area contributed by atoms with Gasteiger partial charge in [0, 0.05) is 11.6 Å². The quantitative estimate of drug-likeness (QED) is 0.581. The number of aryl methyl sites for hydroxylation is 2. The first-order valence-corrected chi connectivity index (χ1v) is 7.98. The topological polar surface area (TPSA) is 97.4 Å². The number of nitrogens with two attached hydrogens (primary N) is 1. The van der Waals surface area contributed by atoms with Gasteiger partial charge in [0.2, 0.25) is 10.0 Å². The van der Waals surface area contributed by atoms with Gasteiger partial charge in [-0.15, -0.1) is 0 Å². The van der Waals surface area contributed by atoms with Crippen LogP contribution in [-0.2, 0) is 10.0 Å². The Bertz CT molecular complexity index is 738. The molecule has 2 rings (SSSR count). The molecule has 1 atom stereocenters. The van der Waals surface area contributed by atoms with Crippen LogP contribution in [0.5, 0.6) is 0 Å². The summed E-state index contributed by atoms with van der Waals surface area (Å²) in [6.07, 6.45) is 0. The number of hydrazine groups is 1. The van der Waals surface area contributed by atoms with Gasteiger partial charge in [0.15, 0.2) is 0 Å². The lowest BCUT2D eigenvalue weighted by Gasteiger charge is -2.15. The Kier molecular flexibility index (Phi) is 4.36. The van der Waals surface area contributed by atoms with Crippen molar-refractivity contribution in [3.05, 3.63) is 47.4 Å². The van der Waals surface area contributed by atoms with Crippen molar-refractivity contribution in [1.82, 2.24) is 4.72 Å². The van der Waals surface area contributed by atoms with Gasteiger partial charge in [-0.3, -0.25) is 5.84 Å². The van der Waals surface area contributed by atoms with Crippen LogP contribution in [0.4, 0.5) is 5.69 Å². The first-order chi connectivity index (χ1) is 9.85. The highest BCUT2D eigenvalue weighted by Gasteiger charge is 2.23. The number of nitrogens with one attached hydrogen (secondary N) is 2. The third-order valence-corrected chi connectivity index (χ3v) is 4.81. The molecule has 1 heterocycles. The van der Waals surface area contributed by atoms with Gasteiger partial charge in [-0.05, 0) is 39.0 Å². The van der Waals surface area contributed by atoms with E-state index in [9.17, 15) is 8.42 Å². The number of hydrogen-bond acceptors (Lipinski definition) is 5. The molecule has 0 fully saturated rings. The molecule has 1 aromatic carbocycles. The van der Waals surface area contributed by atoms with Crippen LogP contribution >= 0.6 is 0 Å². The fourth-order valence-corrected chi connectivity index (χ4v) is 3.65. The van der Waals surface area contributed by atoms with Crippen molar-refractivity contribution >= 4 is 15.7 Å². The molecule has 0 bridgehead atoms. The molecular weight excluding hydrogens is 290 g/mol. The van der Waals surface area contributed by atoms with E-state index in [0.29, 0.717) is 11.4 Å². The monoisotopic (exact) mass is 309 g/mol. The summed E-state index contributed by atoms with van der Waals surface area (Å²) in [5.41, 5.74) is 3.55. The zero-order valence-corrected chi connectivity index (χ0v) is 13.0. The minimum atomic E-state index is -3.69. The van der Waals surface area contributed by atoms with E-state index in [4.69, 9.17) is 10.3 Å². The van der Waals surface area contributed by atoms with Crippen LogP contribution < -0.4 is 16.0 Å². The number of sulfonamides is 1. The van der Waals surface area contributed by atoms with Gasteiger partial charge < -0.3 is 9.84 Å². The van der Waals surface area contributed by atoms with E-state index in [0.717, 1.165) is 11.3 Å². The van der Waals surface area contributed by atoms with Gasteiger partial charge in [0.25, 0.3) is 0 Å². The number of benzene rings is 1. The molecule has 0 amide bonds. The molecule has 1 aromatic heterocycles. The molecule has 7 heteroatoms. The number of para-hydroxylation sites is 1. The zero-order valence-electron chi connectivity index (χ0n) is 12.2. The second-order valence-corrected chi connectivity index (χ2v) is 6.53. The number of anilines is 1. The van der Waals surface area contributed by atoms with Crippen LogP contribution in [0.15, 0.2) is 39.6 Å². The Morgan fingerprint density at radius 2 is 1.90 bits per heavy atom. The number of nitrogen functional groups attached to an aromatic ring is 1. The summed E-state index contributed by atoms with van der Waals surface area (Å²) >= 11 is 0. The summed E-state index contributed by atoms with van der Waals surface area (Å²) in [7, 11) is -3.69. The van der Waals surface area contributed by atoms with E-state index in [-0.39, 0.29) is 4.90 Å². The molecule has 0 aliphatic carbocycles. The van der Waals surface area contributed by atoms with Crippen molar-refractivity contribution in [3.8, 4) is 0 Å². The fraction of sp³-hybridized carbons (Fsp3) is 0.286. The summed E-state index contributed by atoms with van der Waals surface area (Å²) < 4.78 is 33.0. The Morgan fingerprint density at radius 1 is 1.24 bits per heavy atom. The van der Waals surface area contributed by atoms with Crippen LogP contribution in [0.25, 0.3) is 0 Å². The lowest BCUT2D eigenvalue weighted by molar-refractivity contribution is 0.496. The largest absolute Gasteiger partial charge is 0.466 e. The van der Waals surface area contributed by atoms with E-state index in [1.165, 1.54) is 6.07 Å². The first-order valence-electron chi connectivity index (χ1n) is 6.50. The van der Waals surface area contributed by atoms with Crippen molar-refractivity contribution in [2.75, 3.05) is 5.43 Å². The Morgan fingerprint density at radius 3 is 2.48 bits per heavy atom. The normalized spacial score (nSPS) is 13.1. The molecule has 6 nitrogen and oxygen atoms in total. The molecular formula is C14H19N3O3S. The molecule has 21 heavy (non-hydrogen) atoms. The van der Waals surface area contributed by atoms with E-state index in [1.54, 1.807) is 25.1 Å². The molecule has 2 aromatic rings. The van der Waals surface area contributed by atoms with E-state index in [1.807, 2.05) is 19.9 Å².